The largest absolute Gasteiger partial charge is 0.472 e. The first-order valence-corrected chi connectivity index (χ1v) is 18.5. The molecule has 46 heavy (non-hydrogen) atoms. The van der Waals surface area contributed by atoms with E-state index in [4.69, 9.17) is 18.5 Å². The Bertz CT molecular complexity index is 885. The fourth-order valence-corrected chi connectivity index (χ4v) is 5.94. The zero-order valence-corrected chi connectivity index (χ0v) is 28.5. The predicted octanol–water partition coefficient (Wildman–Crippen LogP) is 3.99. The van der Waals surface area contributed by atoms with E-state index in [1.54, 1.807) is 0 Å². The average molecular weight is 683 g/mol. The van der Waals surface area contributed by atoms with Gasteiger partial charge in [0, 0.05) is 12.8 Å². The summed E-state index contributed by atoms with van der Waals surface area (Å²) in [5.41, 5.74) is 0. The SMILES string of the molecule is CCCCCCCC/C=C\CCCCCCCC(=O)OC(COC(=O)CCCC)COP(=O)(O)OC1C(O)C(O)C(O)C(O)C1O. The first-order valence-electron chi connectivity index (χ1n) is 17.0. The highest BCUT2D eigenvalue weighted by Crippen LogP contribution is 2.47. The van der Waals surface area contributed by atoms with Crippen LogP contribution in [0.2, 0.25) is 0 Å². The molecular formula is C32H59O13P. The number of unbranched alkanes of at least 4 members (excludes halogenated alkanes) is 12. The second-order valence-corrected chi connectivity index (χ2v) is 13.4. The van der Waals surface area contributed by atoms with Crippen molar-refractivity contribution in [3.05, 3.63) is 12.2 Å². The lowest BCUT2D eigenvalue weighted by Gasteiger charge is -2.41. The monoisotopic (exact) mass is 682 g/mol. The predicted molar refractivity (Wildman–Crippen MR) is 171 cm³/mol. The van der Waals surface area contributed by atoms with E-state index < -0.39 is 75.7 Å². The highest BCUT2D eigenvalue weighted by molar-refractivity contribution is 7.47. The van der Waals surface area contributed by atoms with Crippen molar-refractivity contribution in [2.75, 3.05) is 13.2 Å². The molecule has 0 heterocycles. The van der Waals surface area contributed by atoms with Crippen molar-refractivity contribution in [1.82, 2.24) is 0 Å². The van der Waals surface area contributed by atoms with Crippen molar-refractivity contribution >= 4 is 19.8 Å². The fraction of sp³-hybridized carbons (Fsp3) is 0.875. The molecule has 6 atom stereocenters. The topological polar surface area (TPSA) is 210 Å². The Labute approximate surface area is 273 Å². The van der Waals surface area contributed by atoms with Crippen LogP contribution in [0.3, 0.4) is 0 Å². The number of aliphatic hydroxyl groups excluding tert-OH is 5. The smallest absolute Gasteiger partial charge is 0.462 e. The molecule has 6 unspecified atom stereocenters. The number of aliphatic hydroxyl groups is 5. The highest BCUT2D eigenvalue weighted by Gasteiger charge is 2.51. The summed E-state index contributed by atoms with van der Waals surface area (Å²) >= 11 is 0. The molecule has 0 bridgehead atoms. The molecule has 14 heteroatoms. The summed E-state index contributed by atoms with van der Waals surface area (Å²) in [6.07, 6.45) is 7.34. The van der Waals surface area contributed by atoms with E-state index in [2.05, 4.69) is 19.1 Å². The van der Waals surface area contributed by atoms with E-state index >= 15 is 0 Å². The third kappa shape index (κ3) is 18.2. The summed E-state index contributed by atoms with van der Waals surface area (Å²) in [6.45, 7) is 2.94. The number of phosphoric ester groups is 1. The van der Waals surface area contributed by atoms with Crippen molar-refractivity contribution in [1.29, 1.82) is 0 Å². The zero-order chi connectivity index (χ0) is 34.4. The molecule has 13 nitrogen and oxygen atoms in total. The van der Waals surface area contributed by atoms with E-state index in [-0.39, 0.29) is 12.8 Å². The Morgan fingerprint density at radius 2 is 1.13 bits per heavy atom. The van der Waals surface area contributed by atoms with Crippen molar-refractivity contribution in [3.8, 4) is 0 Å². The number of phosphoric acid groups is 1. The quantitative estimate of drug-likeness (QED) is 0.0330. The molecule has 1 rings (SSSR count). The van der Waals surface area contributed by atoms with Crippen molar-refractivity contribution in [2.45, 2.75) is 166 Å². The van der Waals surface area contributed by atoms with Crippen LogP contribution < -0.4 is 0 Å². The Balaban J connectivity index is 2.46. The van der Waals surface area contributed by atoms with Gasteiger partial charge in [0.2, 0.25) is 0 Å². The van der Waals surface area contributed by atoms with Crippen LogP contribution in [0.4, 0.5) is 0 Å². The van der Waals surface area contributed by atoms with Crippen LogP contribution in [-0.4, -0.2) is 98.3 Å². The standard InChI is InChI=1S/C32H59O13P/c1-3-5-7-8-9-10-11-12-13-14-15-16-17-18-19-21-26(34)44-24(22-42-25(33)20-6-4-2)23-43-46(40,41)45-32-30(38)28(36)27(35)29(37)31(32)39/h12-13,24,27-32,35-39H,3-11,14-23H2,1-2H3,(H,40,41)/b13-12-. The molecule has 6 N–H and O–H groups in total. The molecule has 0 spiro atoms. The van der Waals surface area contributed by atoms with Gasteiger partial charge in [0.05, 0.1) is 6.61 Å². The Morgan fingerprint density at radius 1 is 0.652 bits per heavy atom. The van der Waals surface area contributed by atoms with E-state index in [0.29, 0.717) is 12.8 Å². The minimum Gasteiger partial charge on any atom is -0.462 e. The number of rotatable bonds is 26. The van der Waals surface area contributed by atoms with Crippen LogP contribution in [-0.2, 0) is 32.7 Å². The van der Waals surface area contributed by atoms with Crippen molar-refractivity contribution in [3.63, 3.8) is 0 Å². The van der Waals surface area contributed by atoms with Gasteiger partial charge < -0.3 is 39.9 Å². The van der Waals surface area contributed by atoms with Gasteiger partial charge in [-0.1, -0.05) is 83.8 Å². The summed E-state index contributed by atoms with van der Waals surface area (Å²) in [7, 11) is -5.08. The average Bonchev–Trinajstić information content (AvgIpc) is 3.03. The molecule has 1 fully saturated rings. The van der Waals surface area contributed by atoms with E-state index in [0.717, 1.165) is 44.9 Å². The second-order valence-electron chi connectivity index (χ2n) is 12.0. The first-order chi connectivity index (χ1) is 21.9. The van der Waals surface area contributed by atoms with Crippen LogP contribution in [0.15, 0.2) is 12.2 Å². The van der Waals surface area contributed by atoms with Crippen molar-refractivity contribution < 1.29 is 63.1 Å². The Kier molecular flexibility index (Phi) is 22.9. The third-order valence-corrected chi connectivity index (χ3v) is 8.84. The number of allylic oxidation sites excluding steroid dienone is 2. The number of hydrogen-bond donors (Lipinski definition) is 6. The maximum absolute atomic E-state index is 12.6. The number of carbonyl (C=O) groups excluding carboxylic acids is 2. The van der Waals surface area contributed by atoms with Gasteiger partial charge in [-0.25, -0.2) is 4.57 Å². The lowest BCUT2D eigenvalue weighted by atomic mass is 9.85. The molecule has 0 saturated heterocycles. The van der Waals surface area contributed by atoms with Gasteiger partial charge >= 0.3 is 19.8 Å². The highest BCUT2D eigenvalue weighted by atomic mass is 31.2. The lowest BCUT2D eigenvalue weighted by Crippen LogP contribution is -2.64. The van der Waals surface area contributed by atoms with Crippen LogP contribution in [0, 0.1) is 0 Å². The summed E-state index contributed by atoms with van der Waals surface area (Å²) in [4.78, 5) is 34.7. The maximum atomic E-state index is 12.6. The van der Waals surface area contributed by atoms with Crippen LogP contribution >= 0.6 is 7.82 Å². The molecule has 0 amide bonds. The van der Waals surface area contributed by atoms with E-state index in [9.17, 15) is 44.6 Å². The van der Waals surface area contributed by atoms with Gasteiger partial charge in [-0.3, -0.25) is 18.6 Å². The number of ether oxygens (including phenoxy) is 2. The molecule has 1 aliphatic carbocycles. The van der Waals surface area contributed by atoms with Gasteiger partial charge in [0.15, 0.2) is 6.10 Å². The maximum Gasteiger partial charge on any atom is 0.472 e. The number of carbonyl (C=O) groups is 2. The van der Waals surface area contributed by atoms with Gasteiger partial charge in [0.25, 0.3) is 0 Å². The molecule has 1 aliphatic rings. The molecule has 0 radical (unpaired) electrons. The molecule has 1 saturated carbocycles. The molecule has 0 aromatic heterocycles. The summed E-state index contributed by atoms with van der Waals surface area (Å²) < 4.78 is 32.8. The minimum absolute atomic E-state index is 0.0876. The number of hydrogen-bond acceptors (Lipinski definition) is 12. The minimum atomic E-state index is -5.08. The lowest BCUT2D eigenvalue weighted by molar-refractivity contribution is -0.220. The third-order valence-electron chi connectivity index (χ3n) is 7.86. The van der Waals surface area contributed by atoms with Crippen molar-refractivity contribution in [2.24, 2.45) is 0 Å². The summed E-state index contributed by atoms with van der Waals surface area (Å²) in [5, 5.41) is 49.5. The first kappa shape index (κ1) is 42.6. The molecule has 0 aromatic carbocycles. The molecular weight excluding hydrogens is 623 g/mol. The van der Waals surface area contributed by atoms with E-state index in [1.807, 2.05) is 6.92 Å². The molecule has 0 aliphatic heterocycles. The Hall–Kier alpha value is -1.41. The van der Waals surface area contributed by atoms with Crippen LogP contribution in [0.1, 0.15) is 123 Å². The van der Waals surface area contributed by atoms with E-state index in [1.165, 1.54) is 38.5 Å². The summed E-state index contributed by atoms with van der Waals surface area (Å²) in [6, 6.07) is 0. The van der Waals surface area contributed by atoms with Crippen LogP contribution in [0.25, 0.3) is 0 Å². The second kappa shape index (κ2) is 24.7. The Morgan fingerprint density at radius 3 is 1.70 bits per heavy atom. The van der Waals surface area contributed by atoms with Crippen LogP contribution in [0.5, 0.6) is 0 Å². The summed E-state index contributed by atoms with van der Waals surface area (Å²) in [5.74, 6) is -1.15. The van der Waals surface area contributed by atoms with Gasteiger partial charge in [-0.2, -0.15) is 0 Å². The fourth-order valence-electron chi connectivity index (χ4n) is 4.96. The zero-order valence-electron chi connectivity index (χ0n) is 27.6. The number of esters is 2. The van der Waals surface area contributed by atoms with Gasteiger partial charge in [0.1, 0.15) is 43.2 Å². The van der Waals surface area contributed by atoms with Gasteiger partial charge in [-0.05, 0) is 38.5 Å². The molecule has 0 aromatic rings. The van der Waals surface area contributed by atoms with Gasteiger partial charge in [-0.15, -0.1) is 0 Å². The normalized spacial score (nSPS) is 25.3. The molecule has 270 valence electrons.